The van der Waals surface area contributed by atoms with Crippen LogP contribution in [0.2, 0.25) is 0 Å². The van der Waals surface area contributed by atoms with E-state index in [1.165, 1.54) is 0 Å². The summed E-state index contributed by atoms with van der Waals surface area (Å²) in [7, 11) is 0. The Morgan fingerprint density at radius 2 is 0.720 bits per heavy atom. The second kappa shape index (κ2) is 15.1. The molecule has 2 aromatic heterocycles. The summed E-state index contributed by atoms with van der Waals surface area (Å²) in [4.78, 5) is 9.47. The zero-order valence-electron chi connectivity index (χ0n) is 26.9. The Bertz CT molecular complexity index is 2180. The molecule has 0 amide bonds. The maximum Gasteiger partial charge on any atom is 2.00 e. The smallest absolute Gasteiger partial charge is 0.495 e. The number of aromatic nitrogens is 2. The molecule has 0 radical (unpaired) electrons. The minimum Gasteiger partial charge on any atom is -0.495 e. The Balaban J connectivity index is 0.00000392. The molecular weight excluding hydrogens is 792 g/mol. The van der Waals surface area contributed by atoms with E-state index in [1.807, 2.05) is 97.3 Å². The SMILES string of the molecule is [Pt+2].[c-]1c(-c2cc(-c3ccccc3)ccn2)ccc(-c2ccccc2)c1Oc1[c-]c(-c2cc(-c3ccccc3)ccn2)ccc1-c1ccccc1. The number of hydrogen-bond donors (Lipinski definition) is 0. The summed E-state index contributed by atoms with van der Waals surface area (Å²) < 4.78 is 6.94. The first-order valence-electron chi connectivity index (χ1n) is 16.2. The van der Waals surface area contributed by atoms with Gasteiger partial charge < -0.3 is 14.7 Å². The second-order valence-corrected chi connectivity index (χ2v) is 11.7. The molecule has 0 unspecified atom stereocenters. The van der Waals surface area contributed by atoms with Crippen LogP contribution in [0.25, 0.3) is 67.0 Å². The van der Waals surface area contributed by atoms with E-state index in [0.29, 0.717) is 11.5 Å². The number of hydrogen-bond acceptors (Lipinski definition) is 3. The van der Waals surface area contributed by atoms with Crippen molar-refractivity contribution in [1.82, 2.24) is 9.97 Å². The quantitative estimate of drug-likeness (QED) is 0.143. The molecule has 50 heavy (non-hydrogen) atoms. The summed E-state index contributed by atoms with van der Waals surface area (Å²) in [6.07, 6.45) is 3.69. The van der Waals surface area contributed by atoms with Gasteiger partial charge in [-0.05, 0) is 45.8 Å². The minimum atomic E-state index is 0. The molecule has 0 atom stereocenters. The average Bonchev–Trinajstić information content (AvgIpc) is 3.19. The summed E-state index contributed by atoms with van der Waals surface area (Å²) in [6.45, 7) is 0. The van der Waals surface area contributed by atoms with Crippen molar-refractivity contribution in [1.29, 1.82) is 0 Å². The molecular formula is C46H30N2OPt. The van der Waals surface area contributed by atoms with Crippen LogP contribution in [0.15, 0.2) is 182 Å². The Labute approximate surface area is 307 Å². The van der Waals surface area contributed by atoms with E-state index in [1.54, 1.807) is 0 Å². The Hall–Kier alpha value is -5.89. The molecule has 0 saturated carbocycles. The van der Waals surface area contributed by atoms with Crippen LogP contribution in [-0.4, -0.2) is 9.97 Å². The zero-order valence-corrected chi connectivity index (χ0v) is 29.2. The number of rotatable bonds is 8. The third kappa shape index (κ3) is 7.10. The molecule has 0 aliphatic carbocycles. The van der Waals surface area contributed by atoms with Gasteiger partial charge in [0.2, 0.25) is 0 Å². The predicted molar refractivity (Wildman–Crippen MR) is 199 cm³/mol. The third-order valence-electron chi connectivity index (χ3n) is 8.48. The second-order valence-electron chi connectivity index (χ2n) is 11.7. The van der Waals surface area contributed by atoms with Crippen molar-refractivity contribution in [2.24, 2.45) is 0 Å². The number of ether oxygens (including phenoxy) is 1. The van der Waals surface area contributed by atoms with Crippen LogP contribution in [0.4, 0.5) is 0 Å². The third-order valence-corrected chi connectivity index (χ3v) is 8.48. The summed E-state index contributed by atoms with van der Waals surface area (Å²) in [5.41, 5.74) is 11.6. The van der Waals surface area contributed by atoms with E-state index in [-0.39, 0.29) is 21.1 Å². The normalized spacial score (nSPS) is 10.6. The van der Waals surface area contributed by atoms with Crippen LogP contribution in [0.1, 0.15) is 0 Å². The van der Waals surface area contributed by atoms with Crippen LogP contribution >= 0.6 is 0 Å². The summed E-state index contributed by atoms with van der Waals surface area (Å²) >= 11 is 0. The topological polar surface area (TPSA) is 35.0 Å². The molecule has 0 spiro atoms. The zero-order chi connectivity index (χ0) is 32.8. The van der Waals surface area contributed by atoms with E-state index in [9.17, 15) is 0 Å². The Morgan fingerprint density at radius 1 is 0.360 bits per heavy atom. The van der Waals surface area contributed by atoms with Crippen molar-refractivity contribution >= 4 is 0 Å². The fraction of sp³-hybridized carbons (Fsp3) is 0. The molecule has 0 bridgehead atoms. The summed E-state index contributed by atoms with van der Waals surface area (Å²) in [5, 5.41) is 0. The van der Waals surface area contributed by atoms with E-state index in [0.717, 1.165) is 67.0 Å². The Morgan fingerprint density at radius 3 is 1.10 bits per heavy atom. The van der Waals surface area contributed by atoms with Gasteiger partial charge in [-0.2, -0.15) is 0 Å². The maximum atomic E-state index is 6.94. The maximum absolute atomic E-state index is 6.94. The number of pyridine rings is 2. The molecule has 0 N–H and O–H groups in total. The van der Waals surface area contributed by atoms with Crippen molar-refractivity contribution in [2.75, 3.05) is 0 Å². The van der Waals surface area contributed by atoms with Crippen LogP contribution in [-0.2, 0) is 21.1 Å². The fourth-order valence-electron chi connectivity index (χ4n) is 5.98. The first-order chi connectivity index (χ1) is 24.3. The molecule has 0 aliphatic heterocycles. The van der Waals surface area contributed by atoms with Gasteiger partial charge in [0.1, 0.15) is 0 Å². The van der Waals surface area contributed by atoms with Gasteiger partial charge in [0, 0.05) is 12.4 Å². The minimum absolute atomic E-state index is 0. The van der Waals surface area contributed by atoms with Crippen LogP contribution < -0.4 is 4.74 Å². The molecule has 3 nitrogen and oxygen atoms in total. The molecule has 8 aromatic rings. The van der Waals surface area contributed by atoms with E-state index in [4.69, 9.17) is 14.7 Å². The van der Waals surface area contributed by atoms with Gasteiger partial charge in [-0.15, -0.1) is 35.4 Å². The van der Waals surface area contributed by atoms with Crippen LogP contribution in [0, 0.1) is 12.1 Å². The van der Waals surface area contributed by atoms with Crippen molar-refractivity contribution in [3.63, 3.8) is 0 Å². The van der Waals surface area contributed by atoms with Crippen molar-refractivity contribution in [3.8, 4) is 78.5 Å². The van der Waals surface area contributed by atoms with Gasteiger partial charge in [-0.25, -0.2) is 0 Å². The van der Waals surface area contributed by atoms with Gasteiger partial charge in [0.25, 0.3) is 0 Å². The molecule has 6 aromatic carbocycles. The van der Waals surface area contributed by atoms with E-state index in [2.05, 4.69) is 97.1 Å². The first-order valence-corrected chi connectivity index (χ1v) is 16.2. The van der Waals surface area contributed by atoms with E-state index < -0.39 is 0 Å². The summed E-state index contributed by atoms with van der Waals surface area (Å²) in [6, 6.07) is 64.9. The van der Waals surface area contributed by atoms with E-state index >= 15 is 0 Å². The van der Waals surface area contributed by atoms with Gasteiger partial charge >= 0.3 is 21.1 Å². The molecule has 0 saturated heterocycles. The van der Waals surface area contributed by atoms with Gasteiger partial charge in [0.05, 0.1) is 11.5 Å². The Kier molecular flexibility index (Phi) is 9.87. The van der Waals surface area contributed by atoms with Crippen molar-refractivity contribution in [2.45, 2.75) is 0 Å². The molecule has 0 fully saturated rings. The summed E-state index contributed by atoms with van der Waals surface area (Å²) in [5.74, 6) is 1.18. The number of benzene rings is 6. The molecule has 0 aliphatic rings. The largest absolute Gasteiger partial charge is 2.00 e. The van der Waals surface area contributed by atoms with Gasteiger partial charge in [0.15, 0.2) is 0 Å². The standard InChI is InChI=1S/C46H30N2O.Pt/c1-5-13-33(14-6-1)37-25-27-47-43(29-37)39-21-23-41(35-17-9-3-10-18-35)45(31-39)49-46-32-40(22-24-42(46)36-19-11-4-12-20-36)44-30-38(26-28-48-44)34-15-7-2-8-16-34;/h1-30H;/q-2;+2. The predicted octanol–water partition coefficient (Wildman–Crippen LogP) is 11.9. The fourth-order valence-corrected chi connectivity index (χ4v) is 5.98. The first kappa shape index (κ1) is 32.6. The van der Waals surface area contributed by atoms with Crippen LogP contribution in [0.3, 0.4) is 0 Å². The van der Waals surface area contributed by atoms with Crippen molar-refractivity contribution < 1.29 is 25.8 Å². The number of nitrogens with zero attached hydrogens (tertiary/aromatic N) is 2. The molecule has 240 valence electrons. The average molecular weight is 822 g/mol. The van der Waals surface area contributed by atoms with Crippen LogP contribution in [0.5, 0.6) is 11.5 Å². The molecule has 8 rings (SSSR count). The molecule has 2 heterocycles. The van der Waals surface area contributed by atoms with Crippen molar-refractivity contribution in [3.05, 3.63) is 194 Å². The molecule has 4 heteroatoms. The van der Waals surface area contributed by atoms with Gasteiger partial charge in [-0.3, -0.25) is 0 Å². The van der Waals surface area contributed by atoms with Gasteiger partial charge in [-0.1, -0.05) is 168 Å². The monoisotopic (exact) mass is 821 g/mol.